The van der Waals surface area contributed by atoms with Crippen LogP contribution in [0.2, 0.25) is 0 Å². The van der Waals surface area contributed by atoms with Gasteiger partial charge in [-0.05, 0) is 48.9 Å². The van der Waals surface area contributed by atoms with Gasteiger partial charge >= 0.3 is 0 Å². The van der Waals surface area contributed by atoms with Gasteiger partial charge in [-0.25, -0.2) is 8.42 Å². The van der Waals surface area contributed by atoms with Gasteiger partial charge in [0, 0.05) is 18.7 Å². The number of hydrogen-bond acceptors (Lipinski definition) is 4. The maximum atomic E-state index is 13.0. The van der Waals surface area contributed by atoms with Crippen LogP contribution in [0.4, 0.5) is 5.69 Å². The Morgan fingerprint density at radius 3 is 2.41 bits per heavy atom. The Morgan fingerprint density at radius 1 is 1.11 bits per heavy atom. The first kappa shape index (κ1) is 19.4. The number of sulfonamides is 1. The third-order valence-corrected chi connectivity index (χ3v) is 6.73. The second-order valence-electron chi connectivity index (χ2n) is 6.39. The van der Waals surface area contributed by atoms with Crippen molar-refractivity contribution in [3.63, 3.8) is 0 Å². The van der Waals surface area contributed by atoms with E-state index in [2.05, 4.69) is 0 Å². The lowest BCUT2D eigenvalue weighted by Crippen LogP contribution is -2.38. The zero-order valence-corrected chi connectivity index (χ0v) is 16.6. The molecule has 0 aliphatic carbocycles. The van der Waals surface area contributed by atoms with E-state index >= 15 is 0 Å². The highest BCUT2D eigenvalue weighted by molar-refractivity contribution is 7.89. The summed E-state index contributed by atoms with van der Waals surface area (Å²) in [5.74, 6) is 0.512. The predicted molar refractivity (Wildman–Crippen MR) is 105 cm³/mol. The Bertz CT molecular complexity index is 935. The molecule has 1 amide bonds. The van der Waals surface area contributed by atoms with Crippen molar-refractivity contribution in [2.75, 3.05) is 31.1 Å². The van der Waals surface area contributed by atoms with E-state index in [9.17, 15) is 13.2 Å². The molecule has 0 N–H and O–H groups in total. The van der Waals surface area contributed by atoms with Crippen molar-refractivity contribution in [1.82, 2.24) is 4.31 Å². The molecule has 27 heavy (non-hydrogen) atoms. The summed E-state index contributed by atoms with van der Waals surface area (Å²) < 4.78 is 32.2. The van der Waals surface area contributed by atoms with Crippen molar-refractivity contribution in [3.8, 4) is 5.75 Å². The Morgan fingerprint density at radius 2 is 1.78 bits per heavy atom. The number of benzene rings is 2. The average molecular weight is 388 g/mol. The Labute approximate surface area is 160 Å². The summed E-state index contributed by atoms with van der Waals surface area (Å²) >= 11 is 0. The maximum absolute atomic E-state index is 13.0. The third-order valence-electron chi connectivity index (χ3n) is 4.67. The number of amides is 1. The third kappa shape index (κ3) is 3.70. The molecule has 0 fully saturated rings. The van der Waals surface area contributed by atoms with Crippen LogP contribution in [0.25, 0.3) is 0 Å². The summed E-state index contributed by atoms with van der Waals surface area (Å²) in [5, 5.41) is 0. The first-order valence-corrected chi connectivity index (χ1v) is 10.5. The molecule has 0 saturated heterocycles. The first-order chi connectivity index (χ1) is 12.9. The second-order valence-corrected chi connectivity index (χ2v) is 8.33. The molecule has 0 bridgehead atoms. The van der Waals surface area contributed by atoms with Gasteiger partial charge in [-0.3, -0.25) is 4.79 Å². The number of nitrogens with zero attached hydrogens (tertiary/aromatic N) is 2. The van der Waals surface area contributed by atoms with Gasteiger partial charge in [0.05, 0.1) is 17.1 Å². The molecule has 0 spiro atoms. The van der Waals surface area contributed by atoms with Crippen molar-refractivity contribution >= 4 is 21.6 Å². The highest BCUT2D eigenvalue weighted by Gasteiger charge is 2.26. The van der Waals surface area contributed by atoms with E-state index in [0.29, 0.717) is 37.6 Å². The number of fused-ring (bicyclic) bond motifs is 1. The fraction of sp³-hybridized carbons (Fsp3) is 0.350. The smallest absolute Gasteiger partial charge is 0.258 e. The Balaban J connectivity index is 1.89. The number of ether oxygens (including phenoxy) is 1. The van der Waals surface area contributed by atoms with Crippen LogP contribution in [0.15, 0.2) is 47.4 Å². The van der Waals surface area contributed by atoms with Gasteiger partial charge in [0.2, 0.25) is 10.0 Å². The van der Waals surface area contributed by atoms with Crippen molar-refractivity contribution < 1.29 is 17.9 Å². The number of carbonyl (C=O) groups excluding carboxylic acids is 1. The molecule has 6 nitrogen and oxygen atoms in total. The highest BCUT2D eigenvalue weighted by atomic mass is 32.2. The van der Waals surface area contributed by atoms with Crippen LogP contribution in [0.3, 0.4) is 0 Å². The van der Waals surface area contributed by atoms with Gasteiger partial charge in [0.15, 0.2) is 0 Å². The highest BCUT2D eigenvalue weighted by Crippen LogP contribution is 2.33. The summed E-state index contributed by atoms with van der Waals surface area (Å²) in [6.45, 7) is 7.26. The summed E-state index contributed by atoms with van der Waals surface area (Å²) in [7, 11) is -3.53. The van der Waals surface area contributed by atoms with Crippen LogP contribution in [0.5, 0.6) is 5.75 Å². The molecule has 7 heteroatoms. The van der Waals surface area contributed by atoms with Crippen LogP contribution < -0.4 is 9.64 Å². The van der Waals surface area contributed by atoms with Crippen molar-refractivity contribution in [2.24, 2.45) is 0 Å². The lowest BCUT2D eigenvalue weighted by Gasteiger charge is -2.30. The number of aryl methyl sites for hydroxylation is 1. The van der Waals surface area contributed by atoms with Gasteiger partial charge in [0.25, 0.3) is 5.91 Å². The normalized spacial score (nSPS) is 14.0. The van der Waals surface area contributed by atoms with Crippen molar-refractivity contribution in [2.45, 2.75) is 25.7 Å². The molecule has 3 rings (SSSR count). The zero-order chi connectivity index (χ0) is 19.6. The average Bonchev–Trinajstić information content (AvgIpc) is 2.67. The van der Waals surface area contributed by atoms with E-state index in [1.807, 2.05) is 25.1 Å². The van der Waals surface area contributed by atoms with Gasteiger partial charge in [-0.2, -0.15) is 4.31 Å². The lowest BCUT2D eigenvalue weighted by molar-refractivity contribution is 0.0976. The molecule has 1 aliphatic rings. The molecule has 0 saturated carbocycles. The van der Waals surface area contributed by atoms with Crippen LogP contribution in [0, 0.1) is 6.92 Å². The second kappa shape index (κ2) is 7.70. The van der Waals surface area contributed by atoms with E-state index in [0.717, 1.165) is 11.3 Å². The number of hydrogen-bond donors (Lipinski definition) is 0. The zero-order valence-electron chi connectivity index (χ0n) is 15.8. The van der Waals surface area contributed by atoms with E-state index in [1.165, 1.54) is 16.4 Å². The molecular formula is C20H24N2O4S. The molecule has 1 heterocycles. The van der Waals surface area contributed by atoms with Crippen LogP contribution in [-0.4, -0.2) is 44.9 Å². The Hall–Kier alpha value is -2.38. The quantitative estimate of drug-likeness (QED) is 0.790. The molecule has 0 radical (unpaired) electrons. The van der Waals surface area contributed by atoms with Crippen molar-refractivity contribution in [1.29, 1.82) is 0 Å². The Kier molecular flexibility index (Phi) is 5.53. The maximum Gasteiger partial charge on any atom is 0.258 e. The van der Waals surface area contributed by atoms with Crippen LogP contribution in [0.1, 0.15) is 29.8 Å². The largest absolute Gasteiger partial charge is 0.490 e. The van der Waals surface area contributed by atoms with E-state index in [1.54, 1.807) is 30.9 Å². The first-order valence-electron chi connectivity index (χ1n) is 9.04. The molecule has 2 aromatic rings. The van der Waals surface area contributed by atoms with Gasteiger partial charge in [-0.1, -0.05) is 19.9 Å². The predicted octanol–water partition coefficient (Wildman–Crippen LogP) is 3.06. The minimum atomic E-state index is -3.53. The van der Waals surface area contributed by atoms with Gasteiger partial charge in [-0.15, -0.1) is 0 Å². The van der Waals surface area contributed by atoms with Crippen molar-refractivity contribution in [3.05, 3.63) is 53.6 Å². The van der Waals surface area contributed by atoms with Crippen LogP contribution in [-0.2, 0) is 10.0 Å². The molecule has 2 aromatic carbocycles. The monoisotopic (exact) mass is 388 g/mol. The van der Waals surface area contributed by atoms with Gasteiger partial charge < -0.3 is 9.64 Å². The SMILES string of the molecule is CCN(CC)S(=O)(=O)c1ccc(C(=O)N2CCOc3ccc(C)cc32)cc1. The summed E-state index contributed by atoms with van der Waals surface area (Å²) in [4.78, 5) is 14.9. The van der Waals surface area contributed by atoms with E-state index < -0.39 is 10.0 Å². The van der Waals surface area contributed by atoms with Gasteiger partial charge in [0.1, 0.15) is 12.4 Å². The fourth-order valence-corrected chi connectivity index (χ4v) is 4.63. The minimum Gasteiger partial charge on any atom is -0.490 e. The van der Waals surface area contributed by atoms with E-state index in [4.69, 9.17) is 4.74 Å². The van der Waals surface area contributed by atoms with E-state index in [-0.39, 0.29) is 10.8 Å². The number of rotatable bonds is 5. The molecule has 1 aliphatic heterocycles. The lowest BCUT2D eigenvalue weighted by atomic mass is 10.1. The summed E-state index contributed by atoms with van der Waals surface area (Å²) in [5.41, 5.74) is 2.23. The molecule has 0 unspecified atom stereocenters. The number of carbonyl (C=O) groups is 1. The van der Waals surface area contributed by atoms with Crippen LogP contribution >= 0.6 is 0 Å². The molecule has 144 valence electrons. The molecule has 0 atom stereocenters. The topological polar surface area (TPSA) is 66.9 Å². The number of anilines is 1. The minimum absolute atomic E-state index is 0.170. The standard InChI is InChI=1S/C20H24N2O4S/c1-4-21(5-2)27(24,25)17-9-7-16(8-10-17)20(23)22-12-13-26-19-11-6-15(3)14-18(19)22/h6-11,14H,4-5,12-13H2,1-3H3. The summed E-state index contributed by atoms with van der Waals surface area (Å²) in [6, 6.07) is 11.9. The fourth-order valence-electron chi connectivity index (χ4n) is 3.18. The molecule has 0 aromatic heterocycles. The molecular weight excluding hydrogens is 364 g/mol. The summed E-state index contributed by atoms with van der Waals surface area (Å²) in [6.07, 6.45) is 0.